The van der Waals surface area contributed by atoms with Crippen LogP contribution >= 0.6 is 45.3 Å². The summed E-state index contributed by atoms with van der Waals surface area (Å²) in [5.74, 6) is 1.58. The first kappa shape index (κ1) is 35.8. The standard InChI is InChI=1S/C44H34N4O2S4/c1-3-10-49-36-18-30(12-26(22-45)23-46)51-42(36)40-16-28-14-34-32(20-38(28)53-40)33-21-39-29(15-35(33)44(34)8-6-5-7-9-44)17-41(54-39)43-37(50-11-4-2)19-31(52-43)13-27(24-47)25-48/h12-21H,3-11H2,1-2H3. The summed E-state index contributed by atoms with van der Waals surface area (Å²) >= 11 is 6.65. The third kappa shape index (κ3) is 6.30. The number of allylic oxidation sites excluding steroid dienone is 2. The van der Waals surface area contributed by atoms with Crippen LogP contribution in [0.4, 0.5) is 0 Å². The fourth-order valence-electron chi connectivity index (χ4n) is 7.85. The number of rotatable bonds is 10. The van der Waals surface area contributed by atoms with Gasteiger partial charge < -0.3 is 9.47 Å². The van der Waals surface area contributed by atoms with E-state index >= 15 is 0 Å². The molecule has 1 spiro atoms. The summed E-state index contributed by atoms with van der Waals surface area (Å²) in [4.78, 5) is 5.96. The largest absolute Gasteiger partial charge is 0.492 e. The van der Waals surface area contributed by atoms with Crippen LogP contribution < -0.4 is 9.47 Å². The SMILES string of the molecule is CCCOc1cc(C=C(C#N)C#N)sc1-c1cc2cc3c(cc2s1)-c1cc2sc(-c4sc(C=C(C#N)C#N)cc4OCCC)cc2cc1C31CCCCC1. The van der Waals surface area contributed by atoms with Crippen molar-refractivity contribution in [1.29, 1.82) is 21.0 Å². The zero-order chi connectivity index (χ0) is 37.4. The predicted molar refractivity (Wildman–Crippen MR) is 223 cm³/mol. The molecule has 4 heterocycles. The maximum absolute atomic E-state index is 9.38. The van der Waals surface area contributed by atoms with E-state index in [0.29, 0.717) is 13.2 Å². The first-order valence-corrected chi connectivity index (χ1v) is 21.4. The lowest BCUT2D eigenvalue weighted by molar-refractivity contribution is 0.320. The van der Waals surface area contributed by atoms with Crippen LogP contribution in [0.5, 0.6) is 11.5 Å². The Morgan fingerprint density at radius 1 is 0.611 bits per heavy atom. The highest BCUT2D eigenvalue weighted by Gasteiger charge is 2.44. The molecular formula is C44H34N4O2S4. The summed E-state index contributed by atoms with van der Waals surface area (Å²) in [5.41, 5.74) is 5.65. The average Bonchev–Trinajstić information content (AvgIpc) is 4.02. The molecule has 0 radical (unpaired) electrons. The van der Waals surface area contributed by atoms with Gasteiger partial charge in [-0.05, 0) is 119 Å². The molecule has 4 aromatic heterocycles. The van der Waals surface area contributed by atoms with E-state index in [4.69, 9.17) is 9.47 Å². The first-order chi connectivity index (χ1) is 26.4. The average molecular weight is 779 g/mol. The van der Waals surface area contributed by atoms with Crippen LogP contribution in [0.3, 0.4) is 0 Å². The second-order valence-electron chi connectivity index (χ2n) is 13.7. The van der Waals surface area contributed by atoms with Crippen LogP contribution in [0.15, 0.2) is 59.7 Å². The van der Waals surface area contributed by atoms with Crippen molar-refractivity contribution in [2.45, 2.75) is 64.2 Å². The minimum atomic E-state index is -0.0297. The molecule has 0 amide bonds. The molecule has 1 saturated carbocycles. The van der Waals surface area contributed by atoms with Crippen LogP contribution in [-0.4, -0.2) is 13.2 Å². The number of nitrogens with zero attached hydrogens (tertiary/aromatic N) is 4. The Morgan fingerprint density at radius 2 is 1.06 bits per heavy atom. The molecule has 0 N–H and O–H groups in total. The Kier molecular flexibility index (Phi) is 9.89. The summed E-state index contributed by atoms with van der Waals surface area (Å²) in [6.07, 6.45) is 11.0. The molecule has 0 unspecified atom stereocenters. The summed E-state index contributed by atoms with van der Waals surface area (Å²) in [6.45, 7) is 5.35. The smallest absolute Gasteiger partial charge is 0.139 e. The zero-order valence-corrected chi connectivity index (χ0v) is 33.1. The summed E-state index contributed by atoms with van der Waals surface area (Å²) < 4.78 is 14.8. The van der Waals surface area contributed by atoms with E-state index in [-0.39, 0.29) is 16.6 Å². The zero-order valence-electron chi connectivity index (χ0n) is 29.9. The van der Waals surface area contributed by atoms with E-state index in [0.717, 1.165) is 66.4 Å². The van der Waals surface area contributed by atoms with Gasteiger partial charge in [0.05, 0.1) is 23.0 Å². The van der Waals surface area contributed by atoms with Gasteiger partial charge in [-0.2, -0.15) is 21.0 Å². The Morgan fingerprint density at radius 3 is 1.46 bits per heavy atom. The van der Waals surface area contributed by atoms with Crippen molar-refractivity contribution in [3.05, 3.63) is 80.6 Å². The summed E-state index contributed by atoms with van der Waals surface area (Å²) in [6, 6.07) is 26.1. The molecule has 2 aromatic carbocycles. The minimum absolute atomic E-state index is 0.0297. The second kappa shape index (κ2) is 14.9. The molecule has 0 saturated heterocycles. The van der Waals surface area contributed by atoms with Gasteiger partial charge in [0.15, 0.2) is 0 Å². The molecule has 1 fully saturated rings. The van der Waals surface area contributed by atoms with Crippen molar-refractivity contribution in [2.24, 2.45) is 0 Å². The molecule has 0 atom stereocenters. The third-order valence-corrected chi connectivity index (χ3v) is 14.9. The number of fused-ring (bicyclic) bond motifs is 7. The Balaban J connectivity index is 1.24. The molecular weight excluding hydrogens is 745 g/mol. The van der Waals surface area contributed by atoms with Gasteiger partial charge in [-0.1, -0.05) is 33.1 Å². The van der Waals surface area contributed by atoms with Crippen molar-refractivity contribution in [2.75, 3.05) is 13.2 Å². The maximum atomic E-state index is 9.38. The number of ether oxygens (including phenoxy) is 2. The molecule has 6 aromatic rings. The Bertz CT molecular complexity index is 2480. The topological polar surface area (TPSA) is 114 Å². The highest BCUT2D eigenvalue weighted by atomic mass is 32.1. The van der Waals surface area contributed by atoms with Crippen molar-refractivity contribution in [3.8, 4) is 66.4 Å². The van der Waals surface area contributed by atoms with Gasteiger partial charge in [-0.25, -0.2) is 0 Å². The number of hydrogen-bond acceptors (Lipinski definition) is 10. The van der Waals surface area contributed by atoms with Crippen LogP contribution in [0, 0.1) is 45.3 Å². The lowest BCUT2D eigenvalue weighted by Crippen LogP contribution is -2.28. The van der Waals surface area contributed by atoms with Crippen molar-refractivity contribution >= 4 is 77.7 Å². The molecule has 54 heavy (non-hydrogen) atoms. The van der Waals surface area contributed by atoms with E-state index in [1.807, 2.05) is 36.4 Å². The van der Waals surface area contributed by atoms with Gasteiger partial charge >= 0.3 is 0 Å². The monoisotopic (exact) mass is 778 g/mol. The molecule has 2 aliphatic carbocycles. The minimum Gasteiger partial charge on any atom is -0.492 e. The van der Waals surface area contributed by atoms with Gasteiger partial charge in [-0.15, -0.1) is 45.3 Å². The molecule has 0 bridgehead atoms. The van der Waals surface area contributed by atoms with Crippen LogP contribution in [0.25, 0.3) is 63.0 Å². The lowest BCUT2D eigenvalue weighted by atomic mass is 9.67. The number of nitriles is 4. The normalized spacial score (nSPS) is 13.7. The van der Waals surface area contributed by atoms with E-state index in [1.54, 1.807) is 57.5 Å². The molecule has 6 nitrogen and oxygen atoms in total. The van der Waals surface area contributed by atoms with Gasteiger partial charge in [0, 0.05) is 34.3 Å². The fraction of sp³-hybridized carbons (Fsp3) is 0.273. The van der Waals surface area contributed by atoms with Crippen LogP contribution in [0.2, 0.25) is 0 Å². The first-order valence-electron chi connectivity index (χ1n) is 18.2. The van der Waals surface area contributed by atoms with Gasteiger partial charge in [0.2, 0.25) is 0 Å². The fourth-order valence-corrected chi connectivity index (χ4v) is 12.3. The van der Waals surface area contributed by atoms with E-state index in [2.05, 4.69) is 50.2 Å². The quantitative estimate of drug-likeness (QED) is 0.128. The molecule has 0 aliphatic heterocycles. The number of benzene rings is 2. The van der Waals surface area contributed by atoms with E-state index in [9.17, 15) is 21.0 Å². The third-order valence-electron chi connectivity index (χ3n) is 10.2. The van der Waals surface area contributed by atoms with E-state index in [1.165, 1.54) is 61.7 Å². The van der Waals surface area contributed by atoms with Crippen LogP contribution in [-0.2, 0) is 5.41 Å². The number of thiophene rings is 4. The Labute approximate surface area is 330 Å². The van der Waals surface area contributed by atoms with E-state index < -0.39 is 0 Å². The van der Waals surface area contributed by atoms with Gasteiger partial charge in [0.1, 0.15) is 46.9 Å². The molecule has 266 valence electrons. The Hall–Kier alpha value is -5.20. The summed E-state index contributed by atoms with van der Waals surface area (Å²) in [7, 11) is 0. The van der Waals surface area contributed by atoms with Gasteiger partial charge in [-0.3, -0.25) is 0 Å². The molecule has 10 heteroatoms. The van der Waals surface area contributed by atoms with Crippen molar-refractivity contribution in [1.82, 2.24) is 0 Å². The second-order valence-corrected chi connectivity index (χ2v) is 18.0. The lowest BCUT2D eigenvalue weighted by Gasteiger charge is -2.36. The molecule has 2 aliphatic rings. The van der Waals surface area contributed by atoms with Crippen molar-refractivity contribution in [3.63, 3.8) is 0 Å². The maximum Gasteiger partial charge on any atom is 0.139 e. The summed E-state index contributed by atoms with van der Waals surface area (Å²) in [5, 5.41) is 40.0. The van der Waals surface area contributed by atoms with Crippen LogP contribution in [0.1, 0.15) is 79.7 Å². The highest BCUT2D eigenvalue weighted by molar-refractivity contribution is 7.27. The number of hydrogen-bond donors (Lipinski definition) is 0. The highest BCUT2D eigenvalue weighted by Crippen LogP contribution is 2.59. The van der Waals surface area contributed by atoms with Gasteiger partial charge in [0.25, 0.3) is 0 Å². The molecule has 8 rings (SSSR count). The van der Waals surface area contributed by atoms with Crippen molar-refractivity contribution < 1.29 is 9.47 Å². The predicted octanol–water partition coefficient (Wildman–Crippen LogP) is 13.2.